The standard InChI is InChI=1S/C19H30N6O.HI/c1-6-7-11-26-18-16(9-8-10-21-18)12-22-19(20-4)23-13-17-14(2)24-25(5)15(17)3;/h8-10H,6-7,11-13H2,1-5H3,(H2,20,22,23);1H. The third-order valence-electron chi connectivity index (χ3n) is 4.35. The Bertz CT molecular complexity index is 744. The minimum absolute atomic E-state index is 0. The van der Waals surface area contributed by atoms with Crippen molar-refractivity contribution in [2.75, 3.05) is 13.7 Å². The molecule has 0 saturated carbocycles. The first kappa shape index (κ1) is 23.2. The number of aryl methyl sites for hydroxylation is 2. The van der Waals surface area contributed by atoms with Crippen molar-refractivity contribution in [1.82, 2.24) is 25.4 Å². The van der Waals surface area contributed by atoms with Crippen LogP contribution in [0.1, 0.15) is 42.3 Å². The molecule has 2 heterocycles. The fraction of sp³-hybridized carbons (Fsp3) is 0.526. The molecule has 0 amide bonds. The van der Waals surface area contributed by atoms with Crippen molar-refractivity contribution in [1.29, 1.82) is 0 Å². The van der Waals surface area contributed by atoms with Crippen molar-refractivity contribution in [3.05, 3.63) is 40.8 Å². The molecule has 2 aromatic heterocycles. The van der Waals surface area contributed by atoms with Gasteiger partial charge in [0.15, 0.2) is 5.96 Å². The normalized spacial score (nSPS) is 11.1. The Labute approximate surface area is 179 Å². The molecule has 2 N–H and O–H groups in total. The van der Waals surface area contributed by atoms with Gasteiger partial charge in [-0.1, -0.05) is 19.4 Å². The number of nitrogens with one attached hydrogen (secondary N) is 2. The molecular formula is C19H31IN6O. The first-order chi connectivity index (χ1) is 12.6. The number of hydrogen-bond acceptors (Lipinski definition) is 4. The average Bonchev–Trinajstić information content (AvgIpc) is 2.88. The molecule has 0 bridgehead atoms. The smallest absolute Gasteiger partial charge is 0.218 e. The van der Waals surface area contributed by atoms with Crippen molar-refractivity contribution in [3.63, 3.8) is 0 Å². The van der Waals surface area contributed by atoms with Gasteiger partial charge in [-0.25, -0.2) is 4.98 Å². The number of hydrogen-bond donors (Lipinski definition) is 2. The van der Waals surface area contributed by atoms with Gasteiger partial charge in [0.2, 0.25) is 5.88 Å². The average molecular weight is 486 g/mol. The summed E-state index contributed by atoms with van der Waals surface area (Å²) < 4.78 is 7.69. The monoisotopic (exact) mass is 486 g/mol. The largest absolute Gasteiger partial charge is 0.477 e. The van der Waals surface area contributed by atoms with E-state index in [4.69, 9.17) is 4.74 Å². The summed E-state index contributed by atoms with van der Waals surface area (Å²) in [6, 6.07) is 3.94. The third-order valence-corrected chi connectivity index (χ3v) is 4.35. The Hall–Kier alpha value is -1.84. The van der Waals surface area contributed by atoms with E-state index >= 15 is 0 Å². The summed E-state index contributed by atoms with van der Waals surface area (Å²) in [4.78, 5) is 8.64. The van der Waals surface area contributed by atoms with Crippen LogP contribution in [-0.4, -0.2) is 34.4 Å². The van der Waals surface area contributed by atoms with Crippen molar-refractivity contribution >= 4 is 29.9 Å². The Morgan fingerprint density at radius 1 is 1.26 bits per heavy atom. The summed E-state index contributed by atoms with van der Waals surface area (Å²) in [5, 5.41) is 11.1. The van der Waals surface area contributed by atoms with Gasteiger partial charge in [-0.05, 0) is 26.3 Å². The minimum Gasteiger partial charge on any atom is -0.477 e. The van der Waals surface area contributed by atoms with Gasteiger partial charge in [0.25, 0.3) is 0 Å². The Kier molecular flexibility index (Phi) is 10.1. The second-order valence-corrected chi connectivity index (χ2v) is 6.22. The molecule has 0 fully saturated rings. The molecule has 0 aliphatic heterocycles. The van der Waals surface area contributed by atoms with Crippen molar-refractivity contribution < 1.29 is 4.74 Å². The van der Waals surface area contributed by atoms with Crippen LogP contribution in [0.15, 0.2) is 23.3 Å². The quantitative estimate of drug-likeness (QED) is 0.260. The van der Waals surface area contributed by atoms with Gasteiger partial charge in [0.05, 0.1) is 12.3 Å². The van der Waals surface area contributed by atoms with Gasteiger partial charge < -0.3 is 15.4 Å². The Balaban J connectivity index is 0.00000364. The molecule has 7 nitrogen and oxygen atoms in total. The Morgan fingerprint density at radius 2 is 2.00 bits per heavy atom. The number of aromatic nitrogens is 3. The van der Waals surface area contributed by atoms with Crippen LogP contribution in [-0.2, 0) is 20.1 Å². The van der Waals surface area contributed by atoms with Crippen LogP contribution >= 0.6 is 24.0 Å². The van der Waals surface area contributed by atoms with E-state index in [9.17, 15) is 0 Å². The van der Waals surface area contributed by atoms with Crippen LogP contribution < -0.4 is 15.4 Å². The second-order valence-electron chi connectivity index (χ2n) is 6.22. The predicted octanol–water partition coefficient (Wildman–Crippen LogP) is 3.09. The number of unbranched alkanes of at least 4 members (excludes halogenated alkanes) is 1. The molecule has 8 heteroatoms. The lowest BCUT2D eigenvalue weighted by molar-refractivity contribution is 0.294. The zero-order valence-corrected chi connectivity index (χ0v) is 19.2. The van der Waals surface area contributed by atoms with Crippen molar-refractivity contribution in [3.8, 4) is 5.88 Å². The maximum atomic E-state index is 5.78. The highest BCUT2D eigenvalue weighted by molar-refractivity contribution is 14.0. The lowest BCUT2D eigenvalue weighted by Gasteiger charge is -2.14. The highest BCUT2D eigenvalue weighted by atomic mass is 127. The molecule has 0 spiro atoms. The first-order valence-corrected chi connectivity index (χ1v) is 9.07. The maximum Gasteiger partial charge on any atom is 0.218 e. The lowest BCUT2D eigenvalue weighted by Crippen LogP contribution is -2.36. The summed E-state index contributed by atoms with van der Waals surface area (Å²) in [5.41, 5.74) is 4.40. The summed E-state index contributed by atoms with van der Waals surface area (Å²) in [5.74, 6) is 1.42. The zero-order valence-electron chi connectivity index (χ0n) is 16.9. The number of pyridine rings is 1. The summed E-state index contributed by atoms with van der Waals surface area (Å²) in [6.45, 7) is 8.20. The number of nitrogens with zero attached hydrogens (tertiary/aromatic N) is 4. The van der Waals surface area contributed by atoms with E-state index in [-0.39, 0.29) is 24.0 Å². The molecule has 0 atom stereocenters. The van der Waals surface area contributed by atoms with Crippen molar-refractivity contribution in [2.45, 2.75) is 46.7 Å². The zero-order chi connectivity index (χ0) is 18.9. The first-order valence-electron chi connectivity index (χ1n) is 9.07. The molecule has 0 aromatic carbocycles. The van der Waals surface area contributed by atoms with Gasteiger partial charge in [-0.15, -0.1) is 24.0 Å². The molecule has 27 heavy (non-hydrogen) atoms. The van der Waals surface area contributed by atoms with Crippen molar-refractivity contribution in [2.24, 2.45) is 12.0 Å². The molecule has 2 rings (SSSR count). The van der Waals surface area contributed by atoms with Gasteiger partial charge in [-0.3, -0.25) is 9.67 Å². The maximum absolute atomic E-state index is 5.78. The van der Waals surface area contributed by atoms with Crippen LogP contribution in [0.25, 0.3) is 0 Å². The highest BCUT2D eigenvalue weighted by Gasteiger charge is 2.10. The topological polar surface area (TPSA) is 76.4 Å². The molecule has 0 unspecified atom stereocenters. The Morgan fingerprint density at radius 3 is 2.63 bits per heavy atom. The summed E-state index contributed by atoms with van der Waals surface area (Å²) in [7, 11) is 3.72. The van der Waals surface area contributed by atoms with Crippen LogP contribution in [0.2, 0.25) is 0 Å². The van der Waals surface area contributed by atoms with E-state index in [0.717, 1.165) is 35.8 Å². The fourth-order valence-electron chi connectivity index (χ4n) is 2.65. The number of guanidine groups is 1. The lowest BCUT2D eigenvalue weighted by atomic mass is 10.2. The predicted molar refractivity (Wildman–Crippen MR) is 120 cm³/mol. The van der Waals surface area contributed by atoms with E-state index in [1.165, 1.54) is 5.56 Å². The van der Waals surface area contributed by atoms with Gasteiger partial charge in [0.1, 0.15) is 0 Å². The second kappa shape index (κ2) is 11.8. The molecule has 0 radical (unpaired) electrons. The highest BCUT2D eigenvalue weighted by Crippen LogP contribution is 2.14. The molecular weight excluding hydrogens is 455 g/mol. The molecule has 0 saturated heterocycles. The van der Waals surface area contributed by atoms with Crippen LogP contribution in [0, 0.1) is 13.8 Å². The number of ether oxygens (including phenoxy) is 1. The summed E-state index contributed by atoms with van der Waals surface area (Å²) in [6.07, 6.45) is 3.88. The van der Waals surface area contributed by atoms with E-state index < -0.39 is 0 Å². The van der Waals surface area contributed by atoms with Crippen LogP contribution in [0.5, 0.6) is 5.88 Å². The van der Waals surface area contributed by atoms with Gasteiger partial charge in [0, 0.05) is 50.2 Å². The summed E-state index contributed by atoms with van der Waals surface area (Å²) >= 11 is 0. The van der Waals surface area contributed by atoms with Crippen LogP contribution in [0.3, 0.4) is 0 Å². The molecule has 2 aromatic rings. The van der Waals surface area contributed by atoms with E-state index in [1.807, 2.05) is 30.8 Å². The van der Waals surface area contributed by atoms with E-state index in [0.29, 0.717) is 25.6 Å². The van der Waals surface area contributed by atoms with Crippen LogP contribution in [0.4, 0.5) is 0 Å². The number of rotatable bonds is 8. The molecule has 0 aliphatic carbocycles. The third kappa shape index (κ3) is 6.67. The van der Waals surface area contributed by atoms with Gasteiger partial charge >= 0.3 is 0 Å². The fourth-order valence-corrected chi connectivity index (χ4v) is 2.65. The van der Waals surface area contributed by atoms with Gasteiger partial charge in [-0.2, -0.15) is 5.10 Å². The minimum atomic E-state index is 0. The number of aliphatic imine (C=N–C) groups is 1. The number of halogens is 1. The van der Waals surface area contributed by atoms with E-state index in [1.54, 1.807) is 13.2 Å². The molecule has 0 aliphatic rings. The molecule has 150 valence electrons. The SMILES string of the molecule is CCCCOc1ncccc1CNC(=NC)NCc1c(C)nn(C)c1C.I. The van der Waals surface area contributed by atoms with E-state index in [2.05, 4.69) is 39.6 Å².